The maximum atomic E-state index is 14.7. The van der Waals surface area contributed by atoms with Crippen molar-refractivity contribution in [3.8, 4) is 17.6 Å². The fourth-order valence-electron chi connectivity index (χ4n) is 10.7. The number of rotatable bonds is 29. The molecule has 71 heavy (non-hydrogen) atoms. The molecule has 3 aliphatic rings. The van der Waals surface area contributed by atoms with Crippen LogP contribution in [0.1, 0.15) is 149 Å². The lowest BCUT2D eigenvalue weighted by atomic mass is 9.55. The van der Waals surface area contributed by atoms with Crippen molar-refractivity contribution >= 4 is 23.4 Å². The highest BCUT2D eigenvalue weighted by Gasteiger charge is 2.65. The summed E-state index contributed by atoms with van der Waals surface area (Å²) in [4.78, 5) is 46.7. The third-order valence-corrected chi connectivity index (χ3v) is 14.3. The molecule has 3 aromatic rings. The Hall–Kier alpha value is -6.08. The maximum Gasteiger partial charge on any atom is 0.412 e. The minimum atomic E-state index is -1.52. The summed E-state index contributed by atoms with van der Waals surface area (Å²) in [6.07, 6.45) is 19.5. The van der Waals surface area contributed by atoms with Crippen LogP contribution in [0.2, 0.25) is 0 Å². The third kappa shape index (κ3) is 14.1. The normalized spacial score (nSPS) is 21.4. The largest absolute Gasteiger partial charge is 0.459 e. The van der Waals surface area contributed by atoms with Gasteiger partial charge in [0.25, 0.3) is 11.6 Å². The number of aliphatic hydroxyl groups is 2. The van der Waals surface area contributed by atoms with E-state index in [9.17, 15) is 35.2 Å². The molecule has 6 atom stereocenters. The van der Waals surface area contributed by atoms with E-state index in [1.165, 1.54) is 57.1 Å². The fraction of sp³-hybridized carbons (Fsp3) is 0.536. The second kappa shape index (κ2) is 27.5. The van der Waals surface area contributed by atoms with Gasteiger partial charge in [-0.1, -0.05) is 94.9 Å². The molecular weight excluding hydrogens is 903 g/mol. The van der Waals surface area contributed by atoms with Crippen LogP contribution in [0.15, 0.2) is 96.2 Å². The van der Waals surface area contributed by atoms with Crippen molar-refractivity contribution in [2.24, 2.45) is 22.9 Å². The molecule has 1 fully saturated rings. The number of hydrogen-bond donors (Lipinski definition) is 3. The zero-order valence-corrected chi connectivity index (χ0v) is 41.6. The Morgan fingerprint density at radius 2 is 1.62 bits per heavy atom. The van der Waals surface area contributed by atoms with Gasteiger partial charge in [-0.3, -0.25) is 14.9 Å². The molecule has 0 bridgehead atoms. The van der Waals surface area contributed by atoms with E-state index in [2.05, 4.69) is 31.0 Å². The first-order valence-electron chi connectivity index (χ1n) is 25.8. The Bertz CT molecular complexity index is 2330. The first kappa shape index (κ1) is 54.3. The molecule has 0 saturated heterocycles. The standard InChI is InChI=1S/C56H73N5O10/c1-4-6-7-8-9-10-11-12-13-16-31-58-55(65)70-45-29-30-50-48(36-45)52-46(20-15-18-33-63)43(19-14-17-32-62)35-47-49(59-69-39-41-23-27-44(28-24-41)61(66)67)37-51(56(71-50,53(47)52)68-34-5-2)60(3)54(64)42-25-21-40(38-57)22-26-42/h5,21-30,35-36,43,46,51-53,62-63H,2,4,6-20,31-34,37,39H2,1,3H3,(H,58,65). The van der Waals surface area contributed by atoms with Gasteiger partial charge < -0.3 is 39.5 Å². The number of ether oxygens (including phenoxy) is 3. The molecule has 0 spiro atoms. The number of nitrogens with zero attached hydrogens (tertiary/aromatic N) is 4. The number of carbonyl (C=O) groups is 2. The molecule has 1 aliphatic heterocycles. The number of amides is 2. The summed E-state index contributed by atoms with van der Waals surface area (Å²) in [5.74, 6) is -2.08. The maximum absolute atomic E-state index is 14.7. The van der Waals surface area contributed by atoms with Gasteiger partial charge in [-0.15, -0.1) is 6.58 Å². The number of carbonyl (C=O) groups excluding carboxylic acids is 2. The summed E-state index contributed by atoms with van der Waals surface area (Å²) in [5.41, 5.74) is 3.57. The van der Waals surface area contributed by atoms with E-state index in [0.717, 1.165) is 49.7 Å². The highest BCUT2D eigenvalue weighted by Crippen LogP contribution is 2.62. The monoisotopic (exact) mass is 976 g/mol. The lowest BCUT2D eigenvalue weighted by Crippen LogP contribution is -2.69. The van der Waals surface area contributed by atoms with Gasteiger partial charge in [0.05, 0.1) is 34.8 Å². The van der Waals surface area contributed by atoms with Gasteiger partial charge in [-0.25, -0.2) is 4.79 Å². The number of hydrogen-bond acceptors (Lipinski definition) is 12. The number of unbranched alkanes of at least 4 members (excludes halogenated alkanes) is 11. The van der Waals surface area contributed by atoms with Crippen molar-refractivity contribution in [3.05, 3.63) is 123 Å². The fourth-order valence-corrected chi connectivity index (χ4v) is 10.7. The van der Waals surface area contributed by atoms with Gasteiger partial charge in [0.2, 0.25) is 5.79 Å². The van der Waals surface area contributed by atoms with Crippen LogP contribution in [0.4, 0.5) is 10.5 Å². The van der Waals surface area contributed by atoms with Crippen LogP contribution in [-0.2, 0) is 16.2 Å². The van der Waals surface area contributed by atoms with E-state index in [1.807, 2.05) is 6.07 Å². The lowest BCUT2D eigenvalue weighted by Gasteiger charge is -2.59. The number of oxime groups is 1. The van der Waals surface area contributed by atoms with Crippen LogP contribution in [0, 0.1) is 39.2 Å². The molecule has 6 rings (SSSR count). The predicted molar refractivity (Wildman–Crippen MR) is 272 cm³/mol. The molecule has 382 valence electrons. The zero-order chi connectivity index (χ0) is 50.6. The van der Waals surface area contributed by atoms with Gasteiger partial charge in [0.15, 0.2) is 0 Å². The minimum Gasteiger partial charge on any atom is -0.459 e. The van der Waals surface area contributed by atoms with Crippen molar-refractivity contribution in [1.82, 2.24) is 10.2 Å². The molecule has 15 nitrogen and oxygen atoms in total. The average molecular weight is 976 g/mol. The number of likely N-dealkylation sites (N-methyl/N-ethyl adjacent to an activating group) is 1. The quantitative estimate of drug-likeness (QED) is 0.0258. The third-order valence-electron chi connectivity index (χ3n) is 14.3. The highest BCUT2D eigenvalue weighted by atomic mass is 16.7. The number of nitriles is 1. The number of nitrogens with one attached hydrogen (secondary N) is 1. The van der Waals surface area contributed by atoms with E-state index < -0.39 is 28.8 Å². The molecule has 3 aromatic carbocycles. The SMILES string of the molecule is C=CCOC12Oc3ccc(OC(=O)NCCCCCCCCCCCC)cc3C3C(CCCCO)C(CCCCO)C=C(C(=NOCc4ccc([N+](=O)[O-])cc4)CC1N(C)C(=O)c1ccc(C#N)cc1)C32. The van der Waals surface area contributed by atoms with E-state index in [4.69, 9.17) is 24.2 Å². The molecule has 0 radical (unpaired) electrons. The van der Waals surface area contributed by atoms with E-state index in [0.29, 0.717) is 59.7 Å². The molecule has 2 aliphatic carbocycles. The second-order valence-corrected chi connectivity index (χ2v) is 19.1. The molecule has 1 saturated carbocycles. The molecular formula is C56H73N5O10. The smallest absolute Gasteiger partial charge is 0.412 e. The average Bonchev–Trinajstić information content (AvgIpc) is 3.38. The number of allylic oxidation sites excluding steroid dienone is 1. The summed E-state index contributed by atoms with van der Waals surface area (Å²) >= 11 is 0. The summed E-state index contributed by atoms with van der Waals surface area (Å²) in [5, 5.41) is 48.6. The number of non-ortho nitro benzene ring substituents is 1. The first-order chi connectivity index (χ1) is 34.6. The van der Waals surface area contributed by atoms with Gasteiger partial charge in [-0.2, -0.15) is 5.26 Å². The topological polar surface area (TPSA) is 206 Å². The van der Waals surface area contributed by atoms with Crippen LogP contribution in [0.25, 0.3) is 0 Å². The molecule has 0 aromatic heterocycles. The molecule has 15 heteroatoms. The number of nitro groups is 1. The van der Waals surface area contributed by atoms with Crippen LogP contribution < -0.4 is 14.8 Å². The summed E-state index contributed by atoms with van der Waals surface area (Å²) in [7, 11) is 1.70. The molecule has 1 heterocycles. The van der Waals surface area contributed by atoms with Gasteiger partial charge >= 0.3 is 6.09 Å². The number of benzene rings is 3. The Balaban J connectivity index is 1.39. The van der Waals surface area contributed by atoms with Crippen molar-refractivity contribution < 1.29 is 43.8 Å². The summed E-state index contributed by atoms with van der Waals surface area (Å²) in [6, 6.07) is 19.2. The Morgan fingerprint density at radius 3 is 2.27 bits per heavy atom. The molecule has 6 unspecified atom stereocenters. The van der Waals surface area contributed by atoms with Gasteiger partial charge in [0.1, 0.15) is 24.1 Å². The van der Waals surface area contributed by atoms with Crippen LogP contribution in [0.5, 0.6) is 11.5 Å². The zero-order valence-electron chi connectivity index (χ0n) is 41.6. The Kier molecular flexibility index (Phi) is 21.0. The van der Waals surface area contributed by atoms with Crippen molar-refractivity contribution in [2.45, 2.75) is 140 Å². The highest BCUT2D eigenvalue weighted by molar-refractivity contribution is 6.03. The number of aliphatic hydroxyl groups excluding tert-OH is 2. The van der Waals surface area contributed by atoms with Crippen molar-refractivity contribution in [2.75, 3.05) is 33.4 Å². The van der Waals surface area contributed by atoms with Crippen LogP contribution >= 0.6 is 0 Å². The van der Waals surface area contributed by atoms with Crippen LogP contribution in [0.3, 0.4) is 0 Å². The summed E-state index contributed by atoms with van der Waals surface area (Å²) < 4.78 is 20.2. The van der Waals surface area contributed by atoms with E-state index in [-0.39, 0.29) is 62.2 Å². The van der Waals surface area contributed by atoms with E-state index in [1.54, 1.807) is 66.6 Å². The lowest BCUT2D eigenvalue weighted by molar-refractivity contribution is -0.384. The van der Waals surface area contributed by atoms with Gasteiger partial charge in [0, 0.05) is 62.4 Å². The Labute approximate surface area is 419 Å². The minimum absolute atomic E-state index is 0.0106. The molecule has 2 amide bonds. The second-order valence-electron chi connectivity index (χ2n) is 19.1. The van der Waals surface area contributed by atoms with Crippen molar-refractivity contribution in [1.29, 1.82) is 5.26 Å². The van der Waals surface area contributed by atoms with E-state index >= 15 is 0 Å². The van der Waals surface area contributed by atoms with Gasteiger partial charge in [-0.05, 0) is 110 Å². The van der Waals surface area contributed by atoms with Crippen molar-refractivity contribution in [3.63, 3.8) is 0 Å². The number of fused-ring (bicyclic) bond motifs is 2. The summed E-state index contributed by atoms with van der Waals surface area (Å²) in [6.45, 7) is 6.88. The number of nitro benzene ring substituents is 1. The Morgan fingerprint density at radius 1 is 0.944 bits per heavy atom. The molecule has 3 N–H and O–H groups in total. The first-order valence-corrected chi connectivity index (χ1v) is 25.8. The predicted octanol–water partition coefficient (Wildman–Crippen LogP) is 11.1. The van der Waals surface area contributed by atoms with Crippen LogP contribution in [-0.4, -0.2) is 83.0 Å².